The van der Waals surface area contributed by atoms with Gasteiger partial charge in [-0.25, -0.2) is 4.98 Å². The molecule has 2 heterocycles. The number of hydrogen-bond donors (Lipinski definition) is 0. The molecule has 0 N–H and O–H groups in total. The first-order valence-corrected chi connectivity index (χ1v) is 7.42. The van der Waals surface area contributed by atoms with Crippen LogP contribution in [0.2, 0.25) is 0 Å². The van der Waals surface area contributed by atoms with Crippen LogP contribution in [-0.2, 0) is 21.7 Å². The van der Waals surface area contributed by atoms with Crippen molar-refractivity contribution >= 4 is 11.8 Å². The van der Waals surface area contributed by atoms with Gasteiger partial charge < -0.3 is 19.3 Å². The lowest BCUT2D eigenvalue weighted by molar-refractivity contribution is -0.389. The van der Waals surface area contributed by atoms with Crippen molar-refractivity contribution in [2.75, 3.05) is 0 Å². The summed E-state index contributed by atoms with van der Waals surface area (Å²) in [6.45, 7) is 5.42. The molecule has 0 bridgehead atoms. The third-order valence-corrected chi connectivity index (χ3v) is 3.61. The van der Waals surface area contributed by atoms with Crippen LogP contribution in [-0.4, -0.2) is 30.9 Å². The van der Waals surface area contributed by atoms with Gasteiger partial charge >= 0.3 is 11.8 Å². The smallest absolute Gasteiger partial charge is 0.410 e. The van der Waals surface area contributed by atoms with Crippen LogP contribution in [0.4, 0.5) is 5.82 Å². The van der Waals surface area contributed by atoms with Gasteiger partial charge in [-0.1, -0.05) is 4.80 Å². The van der Waals surface area contributed by atoms with Gasteiger partial charge in [0.1, 0.15) is 12.0 Å². The minimum absolute atomic E-state index is 0.0527. The Balaban J connectivity index is 1.71. The lowest BCUT2D eigenvalue weighted by atomic mass is 9.97. The Morgan fingerprint density at radius 1 is 1.50 bits per heavy atom. The zero-order chi connectivity index (χ0) is 17.5. The van der Waals surface area contributed by atoms with Gasteiger partial charge in [0, 0.05) is 0 Å². The van der Waals surface area contributed by atoms with E-state index in [-0.39, 0.29) is 24.2 Å². The van der Waals surface area contributed by atoms with E-state index in [1.165, 1.54) is 6.26 Å². The fourth-order valence-corrected chi connectivity index (χ4v) is 2.02. The van der Waals surface area contributed by atoms with Gasteiger partial charge in [-0.15, -0.1) is 5.10 Å². The number of carbonyl (C=O) groups excluding carboxylic acids is 1. The van der Waals surface area contributed by atoms with Crippen LogP contribution < -0.4 is 0 Å². The number of esters is 1. The summed E-state index contributed by atoms with van der Waals surface area (Å²) in [6.07, 6.45) is 3.87. The third kappa shape index (κ3) is 3.12. The van der Waals surface area contributed by atoms with Crippen LogP contribution >= 0.6 is 0 Å². The summed E-state index contributed by atoms with van der Waals surface area (Å²) >= 11 is 0. The van der Waals surface area contributed by atoms with Gasteiger partial charge in [0.05, 0.1) is 10.5 Å². The topological polar surface area (TPSA) is 126 Å². The molecule has 0 amide bonds. The normalized spacial score (nSPS) is 16.0. The Hall–Kier alpha value is -2.78. The second-order valence-corrected chi connectivity index (χ2v) is 6.75. The molecule has 10 nitrogen and oxygen atoms in total. The maximum absolute atomic E-state index is 12.1. The van der Waals surface area contributed by atoms with Crippen molar-refractivity contribution in [3.63, 3.8) is 0 Å². The van der Waals surface area contributed by atoms with E-state index >= 15 is 0 Å². The summed E-state index contributed by atoms with van der Waals surface area (Å²) in [6, 6.07) is 0. The number of rotatable bonds is 5. The lowest BCUT2D eigenvalue weighted by Gasteiger charge is -2.21. The standard InChI is InChI=1S/C14H17N5O5/c1-13(2,3)12(20)24-14(4-5-14)9-8-23-11(16-9)7-18-15-6-10(17-18)19(21)22/h6,8H,4-5,7H2,1-3H3. The molecule has 0 radical (unpaired) electrons. The summed E-state index contributed by atoms with van der Waals surface area (Å²) in [4.78, 5) is 27.5. The largest absolute Gasteiger partial charge is 0.452 e. The molecule has 1 aliphatic carbocycles. The van der Waals surface area contributed by atoms with Crippen LogP contribution in [0.3, 0.4) is 0 Å². The highest BCUT2D eigenvalue weighted by atomic mass is 16.6. The van der Waals surface area contributed by atoms with E-state index < -0.39 is 15.9 Å². The van der Waals surface area contributed by atoms with Crippen molar-refractivity contribution in [3.05, 3.63) is 34.2 Å². The van der Waals surface area contributed by atoms with Crippen molar-refractivity contribution in [2.45, 2.75) is 45.8 Å². The van der Waals surface area contributed by atoms with E-state index in [2.05, 4.69) is 15.2 Å². The molecule has 3 rings (SSSR count). The minimum Gasteiger partial charge on any atom is -0.452 e. The first kappa shape index (κ1) is 16.1. The molecule has 0 atom stereocenters. The fraction of sp³-hybridized carbons (Fsp3) is 0.571. The molecule has 10 heteroatoms. The molecule has 1 aliphatic rings. The first-order chi connectivity index (χ1) is 11.2. The minimum atomic E-state index is -0.727. The number of oxazole rings is 1. The predicted molar refractivity (Wildman–Crippen MR) is 78.7 cm³/mol. The molecule has 0 unspecified atom stereocenters. The molecule has 2 aromatic rings. The Morgan fingerprint density at radius 3 is 2.75 bits per heavy atom. The van der Waals surface area contributed by atoms with Crippen molar-refractivity contribution in [1.82, 2.24) is 20.0 Å². The molecular weight excluding hydrogens is 318 g/mol. The van der Waals surface area contributed by atoms with Crippen LogP contribution in [0.25, 0.3) is 0 Å². The summed E-state index contributed by atoms with van der Waals surface area (Å²) in [5, 5.41) is 18.1. The monoisotopic (exact) mass is 335 g/mol. The highest BCUT2D eigenvalue weighted by Gasteiger charge is 2.52. The van der Waals surface area contributed by atoms with E-state index in [1.54, 1.807) is 20.8 Å². The zero-order valence-corrected chi connectivity index (χ0v) is 13.6. The van der Waals surface area contributed by atoms with Crippen LogP contribution in [0.15, 0.2) is 16.9 Å². The summed E-state index contributed by atoms with van der Waals surface area (Å²) < 4.78 is 11.0. The van der Waals surface area contributed by atoms with E-state index in [0.717, 1.165) is 11.0 Å². The SMILES string of the molecule is CC(C)(C)C(=O)OC1(c2coc(Cn3ncc([N+](=O)[O-])n3)n2)CC1. The van der Waals surface area contributed by atoms with Crippen molar-refractivity contribution < 1.29 is 18.9 Å². The van der Waals surface area contributed by atoms with Gasteiger partial charge in [0.15, 0.2) is 18.3 Å². The molecule has 0 aliphatic heterocycles. The predicted octanol–water partition coefficient (Wildman–Crippen LogP) is 1.80. The van der Waals surface area contributed by atoms with Gasteiger partial charge in [0.25, 0.3) is 0 Å². The Kier molecular flexibility index (Phi) is 3.61. The van der Waals surface area contributed by atoms with Crippen molar-refractivity contribution in [1.29, 1.82) is 0 Å². The number of ether oxygens (including phenoxy) is 1. The Labute approximate surface area is 137 Å². The maximum atomic E-state index is 12.1. The average molecular weight is 335 g/mol. The van der Waals surface area contributed by atoms with E-state index in [4.69, 9.17) is 9.15 Å². The Bertz CT molecular complexity index is 784. The van der Waals surface area contributed by atoms with Gasteiger partial charge in [-0.2, -0.15) is 0 Å². The number of aromatic nitrogens is 4. The summed E-state index contributed by atoms with van der Waals surface area (Å²) in [5.74, 6) is -0.359. The number of hydrogen-bond acceptors (Lipinski definition) is 8. The fourth-order valence-electron chi connectivity index (χ4n) is 2.02. The molecule has 1 fully saturated rings. The lowest BCUT2D eigenvalue weighted by Crippen LogP contribution is -2.28. The van der Waals surface area contributed by atoms with Crippen LogP contribution in [0.5, 0.6) is 0 Å². The van der Waals surface area contributed by atoms with E-state index in [9.17, 15) is 14.9 Å². The number of nitro groups is 1. The van der Waals surface area contributed by atoms with Crippen LogP contribution in [0.1, 0.15) is 45.2 Å². The highest BCUT2D eigenvalue weighted by Crippen LogP contribution is 2.49. The van der Waals surface area contributed by atoms with Gasteiger partial charge in [-0.05, 0) is 38.5 Å². The van der Waals surface area contributed by atoms with Gasteiger partial charge in [0.2, 0.25) is 5.89 Å². The van der Waals surface area contributed by atoms with Crippen molar-refractivity contribution in [2.24, 2.45) is 5.41 Å². The summed E-state index contributed by atoms with van der Waals surface area (Å²) in [5.41, 5.74) is -0.785. The molecule has 0 aromatic carbocycles. The van der Waals surface area contributed by atoms with E-state index in [1.807, 2.05) is 0 Å². The first-order valence-electron chi connectivity index (χ1n) is 7.42. The third-order valence-electron chi connectivity index (χ3n) is 3.61. The molecule has 128 valence electrons. The molecule has 0 spiro atoms. The van der Waals surface area contributed by atoms with E-state index in [0.29, 0.717) is 18.5 Å². The zero-order valence-electron chi connectivity index (χ0n) is 13.6. The average Bonchev–Trinajstić information content (AvgIpc) is 2.92. The Morgan fingerprint density at radius 2 is 2.21 bits per heavy atom. The quantitative estimate of drug-likeness (QED) is 0.460. The molecular formula is C14H17N5O5. The highest BCUT2D eigenvalue weighted by molar-refractivity contribution is 5.76. The second-order valence-electron chi connectivity index (χ2n) is 6.75. The molecule has 2 aromatic heterocycles. The second kappa shape index (κ2) is 5.39. The van der Waals surface area contributed by atoms with Crippen LogP contribution in [0, 0.1) is 15.5 Å². The molecule has 24 heavy (non-hydrogen) atoms. The summed E-state index contributed by atoms with van der Waals surface area (Å²) in [7, 11) is 0. The van der Waals surface area contributed by atoms with Gasteiger partial charge in [-0.3, -0.25) is 4.79 Å². The molecule has 0 saturated heterocycles. The van der Waals surface area contributed by atoms with Crippen molar-refractivity contribution in [3.8, 4) is 0 Å². The number of nitrogens with zero attached hydrogens (tertiary/aromatic N) is 5. The number of carbonyl (C=O) groups is 1. The molecule has 1 saturated carbocycles. The maximum Gasteiger partial charge on any atom is 0.410 e.